The Balaban J connectivity index is 2.34. The molecule has 0 amide bonds. The molecule has 0 bridgehead atoms. The summed E-state index contributed by atoms with van der Waals surface area (Å²) >= 11 is 5.98. The van der Waals surface area contributed by atoms with Crippen LogP contribution in [-0.4, -0.2) is 4.98 Å². The molecule has 82 valence electrons. The first-order chi connectivity index (χ1) is 7.68. The van der Waals surface area contributed by atoms with Crippen molar-refractivity contribution in [3.05, 3.63) is 64.4 Å². The van der Waals surface area contributed by atoms with Crippen molar-refractivity contribution in [1.82, 2.24) is 4.98 Å². The molecule has 2 N–H and O–H groups in total. The van der Waals surface area contributed by atoms with Crippen LogP contribution in [0.15, 0.2) is 42.7 Å². The normalized spacial score (nSPS) is 12.4. The molecule has 0 radical (unpaired) electrons. The number of rotatable bonds is 2. The van der Waals surface area contributed by atoms with Crippen LogP contribution < -0.4 is 5.73 Å². The Morgan fingerprint density at radius 1 is 1.25 bits per heavy atom. The SMILES string of the molecule is Cc1cc(C(N)c2cccnc2)ccc1Cl. The number of aryl methyl sites for hydroxylation is 1. The van der Waals surface area contributed by atoms with Gasteiger partial charge < -0.3 is 5.73 Å². The largest absolute Gasteiger partial charge is 0.320 e. The number of hydrogen-bond acceptors (Lipinski definition) is 2. The second-order valence-electron chi connectivity index (χ2n) is 3.77. The highest BCUT2D eigenvalue weighted by Crippen LogP contribution is 2.23. The molecule has 0 aliphatic heterocycles. The van der Waals surface area contributed by atoms with E-state index in [2.05, 4.69) is 4.98 Å². The molecule has 1 atom stereocenters. The molecule has 0 saturated heterocycles. The molecule has 2 aromatic rings. The third-order valence-corrected chi connectivity index (χ3v) is 3.01. The van der Waals surface area contributed by atoms with E-state index in [1.54, 1.807) is 12.4 Å². The highest BCUT2D eigenvalue weighted by atomic mass is 35.5. The molecule has 1 aromatic carbocycles. The molecule has 2 nitrogen and oxygen atoms in total. The van der Waals surface area contributed by atoms with Crippen LogP contribution >= 0.6 is 11.6 Å². The smallest absolute Gasteiger partial charge is 0.0567 e. The fourth-order valence-corrected chi connectivity index (χ4v) is 1.73. The molecular weight excluding hydrogens is 220 g/mol. The van der Waals surface area contributed by atoms with E-state index in [0.717, 1.165) is 21.7 Å². The van der Waals surface area contributed by atoms with Gasteiger partial charge in [0.05, 0.1) is 6.04 Å². The van der Waals surface area contributed by atoms with E-state index in [0.29, 0.717) is 0 Å². The Kier molecular flexibility index (Phi) is 3.22. The van der Waals surface area contributed by atoms with Crippen LogP contribution in [0.5, 0.6) is 0 Å². The van der Waals surface area contributed by atoms with Crippen LogP contribution in [0, 0.1) is 6.92 Å². The summed E-state index contributed by atoms with van der Waals surface area (Å²) in [6, 6.07) is 9.55. The molecule has 1 unspecified atom stereocenters. The van der Waals surface area contributed by atoms with Gasteiger partial charge in [-0.2, -0.15) is 0 Å². The Bertz CT molecular complexity index is 483. The van der Waals surface area contributed by atoms with Gasteiger partial charge in [0, 0.05) is 17.4 Å². The lowest BCUT2D eigenvalue weighted by Gasteiger charge is -2.13. The molecule has 0 spiro atoms. The first-order valence-corrected chi connectivity index (χ1v) is 5.48. The molecule has 0 saturated carbocycles. The van der Waals surface area contributed by atoms with E-state index in [9.17, 15) is 0 Å². The Morgan fingerprint density at radius 3 is 2.69 bits per heavy atom. The van der Waals surface area contributed by atoms with Crippen LogP contribution in [0.25, 0.3) is 0 Å². The van der Waals surface area contributed by atoms with Crippen LogP contribution in [0.2, 0.25) is 5.02 Å². The van der Waals surface area contributed by atoms with E-state index in [1.165, 1.54) is 0 Å². The zero-order valence-corrected chi connectivity index (χ0v) is 9.78. The highest BCUT2D eigenvalue weighted by molar-refractivity contribution is 6.31. The van der Waals surface area contributed by atoms with Crippen molar-refractivity contribution < 1.29 is 0 Å². The van der Waals surface area contributed by atoms with Crippen molar-refractivity contribution in [1.29, 1.82) is 0 Å². The predicted octanol–water partition coefficient (Wildman–Crippen LogP) is 3.09. The summed E-state index contributed by atoms with van der Waals surface area (Å²) in [5.74, 6) is 0. The predicted molar refractivity (Wildman–Crippen MR) is 66.5 cm³/mol. The lowest BCUT2D eigenvalue weighted by Crippen LogP contribution is -2.12. The maximum Gasteiger partial charge on any atom is 0.0567 e. The lowest BCUT2D eigenvalue weighted by molar-refractivity contribution is 0.861. The van der Waals surface area contributed by atoms with Crippen molar-refractivity contribution in [3.63, 3.8) is 0 Å². The van der Waals surface area contributed by atoms with E-state index < -0.39 is 0 Å². The zero-order valence-electron chi connectivity index (χ0n) is 9.02. The number of benzene rings is 1. The number of aromatic nitrogens is 1. The second-order valence-corrected chi connectivity index (χ2v) is 4.18. The van der Waals surface area contributed by atoms with Crippen LogP contribution in [-0.2, 0) is 0 Å². The summed E-state index contributed by atoms with van der Waals surface area (Å²) in [6.07, 6.45) is 3.53. The van der Waals surface area contributed by atoms with Crippen molar-refractivity contribution in [2.75, 3.05) is 0 Å². The third kappa shape index (κ3) is 2.23. The van der Waals surface area contributed by atoms with Gasteiger partial charge >= 0.3 is 0 Å². The maximum atomic E-state index is 6.15. The number of hydrogen-bond donors (Lipinski definition) is 1. The summed E-state index contributed by atoms with van der Waals surface area (Å²) in [5.41, 5.74) is 9.25. The van der Waals surface area contributed by atoms with Crippen molar-refractivity contribution in [2.24, 2.45) is 5.73 Å². The molecule has 0 fully saturated rings. The zero-order chi connectivity index (χ0) is 11.5. The van der Waals surface area contributed by atoms with Crippen molar-refractivity contribution in [2.45, 2.75) is 13.0 Å². The summed E-state index contributed by atoms with van der Waals surface area (Å²) < 4.78 is 0. The summed E-state index contributed by atoms with van der Waals surface area (Å²) in [7, 11) is 0. The van der Waals surface area contributed by atoms with Gasteiger partial charge in [-0.15, -0.1) is 0 Å². The van der Waals surface area contributed by atoms with Gasteiger partial charge in [-0.25, -0.2) is 0 Å². The molecule has 3 heteroatoms. The average Bonchev–Trinajstić information content (AvgIpc) is 2.33. The van der Waals surface area contributed by atoms with Gasteiger partial charge in [0.1, 0.15) is 0 Å². The van der Waals surface area contributed by atoms with E-state index >= 15 is 0 Å². The van der Waals surface area contributed by atoms with Gasteiger partial charge in [0.15, 0.2) is 0 Å². The summed E-state index contributed by atoms with van der Waals surface area (Å²) in [4.78, 5) is 4.07. The second kappa shape index (κ2) is 4.64. The standard InChI is InChI=1S/C13H13ClN2/c1-9-7-10(4-5-12(9)14)13(15)11-3-2-6-16-8-11/h2-8,13H,15H2,1H3. The quantitative estimate of drug-likeness (QED) is 0.864. The van der Waals surface area contributed by atoms with Gasteiger partial charge in [-0.1, -0.05) is 29.8 Å². The third-order valence-electron chi connectivity index (χ3n) is 2.58. The molecule has 16 heavy (non-hydrogen) atoms. The topological polar surface area (TPSA) is 38.9 Å². The molecular formula is C13H13ClN2. The first-order valence-electron chi connectivity index (χ1n) is 5.10. The number of nitrogens with zero attached hydrogens (tertiary/aromatic N) is 1. The molecule has 2 rings (SSSR count). The Morgan fingerprint density at radius 2 is 2.06 bits per heavy atom. The molecule has 0 aliphatic carbocycles. The highest BCUT2D eigenvalue weighted by Gasteiger charge is 2.09. The van der Waals surface area contributed by atoms with Gasteiger partial charge in [0.25, 0.3) is 0 Å². The van der Waals surface area contributed by atoms with Crippen LogP contribution in [0.4, 0.5) is 0 Å². The van der Waals surface area contributed by atoms with E-state index in [4.69, 9.17) is 17.3 Å². The lowest BCUT2D eigenvalue weighted by atomic mass is 10.00. The van der Waals surface area contributed by atoms with Gasteiger partial charge in [-0.05, 0) is 35.7 Å². The monoisotopic (exact) mass is 232 g/mol. The average molecular weight is 233 g/mol. The first kappa shape index (κ1) is 11.1. The fourth-order valence-electron chi connectivity index (χ4n) is 1.61. The Hall–Kier alpha value is -1.38. The molecule has 1 aromatic heterocycles. The number of pyridine rings is 1. The molecule has 0 aliphatic rings. The van der Waals surface area contributed by atoms with E-state index in [1.807, 2.05) is 37.3 Å². The fraction of sp³-hybridized carbons (Fsp3) is 0.154. The minimum atomic E-state index is -0.148. The maximum absolute atomic E-state index is 6.15. The van der Waals surface area contributed by atoms with E-state index in [-0.39, 0.29) is 6.04 Å². The van der Waals surface area contributed by atoms with Gasteiger partial charge in [-0.3, -0.25) is 4.98 Å². The minimum absolute atomic E-state index is 0.148. The van der Waals surface area contributed by atoms with Gasteiger partial charge in [0.2, 0.25) is 0 Å². The Labute approximate surface area is 100 Å². The summed E-state index contributed by atoms with van der Waals surface area (Å²) in [5, 5.41) is 0.766. The van der Waals surface area contributed by atoms with Crippen molar-refractivity contribution in [3.8, 4) is 0 Å². The molecule has 1 heterocycles. The number of nitrogens with two attached hydrogens (primary N) is 1. The van der Waals surface area contributed by atoms with Crippen molar-refractivity contribution >= 4 is 11.6 Å². The minimum Gasteiger partial charge on any atom is -0.320 e. The summed E-state index contributed by atoms with van der Waals surface area (Å²) in [6.45, 7) is 1.97. The van der Waals surface area contributed by atoms with Crippen LogP contribution in [0.3, 0.4) is 0 Å². The number of halogens is 1. The van der Waals surface area contributed by atoms with Crippen LogP contribution in [0.1, 0.15) is 22.7 Å².